The third-order valence-electron chi connectivity index (χ3n) is 28.9. The van der Waals surface area contributed by atoms with Gasteiger partial charge in [0.15, 0.2) is 11.6 Å². The predicted molar refractivity (Wildman–Crippen MR) is 609 cm³/mol. The average molecular weight is 1920 g/mol. The Labute approximate surface area is 846 Å². The highest BCUT2D eigenvalue weighted by molar-refractivity contribution is 7.26. The first-order valence-electron chi connectivity index (χ1n) is 49.2. The largest absolute Gasteiger partial charge is 0.456 e. The van der Waals surface area contributed by atoms with Crippen molar-refractivity contribution >= 4 is 216 Å². The number of fused-ring (bicyclic) bond motifs is 27. The molecule has 147 heavy (non-hydrogen) atoms. The molecule has 32 aromatic rings. The normalized spacial score (nSPS) is 11.9. The number of benzene rings is 20. The maximum Gasteiger partial charge on any atom is 0.238 e. The maximum atomic E-state index is 6.52. The molecule has 20 aromatic carbocycles. The minimum atomic E-state index is 0.600. The number of hydrogen-bond donors (Lipinski definition) is 0. The lowest BCUT2D eigenvalue weighted by Crippen LogP contribution is -2.06. The lowest BCUT2D eigenvalue weighted by Gasteiger charge is -2.11. The summed E-state index contributed by atoms with van der Waals surface area (Å²) in [4.78, 5) is 36.0. The number of rotatable bonds is 11. The van der Waals surface area contributed by atoms with E-state index in [4.69, 9.17) is 43.7 Å². The van der Waals surface area contributed by atoms with Gasteiger partial charge in [0.2, 0.25) is 17.8 Å². The van der Waals surface area contributed by atoms with E-state index in [0.717, 1.165) is 150 Å². The molecule has 16 heteroatoms. The second-order valence-corrected chi connectivity index (χ2v) is 39.5. The Hall–Kier alpha value is -19.4. The van der Waals surface area contributed by atoms with Crippen LogP contribution in [0.4, 0.5) is 0 Å². The van der Waals surface area contributed by atoms with Crippen LogP contribution in [0.25, 0.3) is 290 Å². The van der Waals surface area contributed by atoms with E-state index >= 15 is 0 Å². The molecule has 0 unspecified atom stereocenters. The third kappa shape index (κ3) is 13.7. The molecule has 0 amide bonds. The van der Waals surface area contributed by atoms with Crippen LogP contribution in [0.2, 0.25) is 0 Å². The van der Waals surface area contributed by atoms with Gasteiger partial charge in [0.25, 0.3) is 0 Å². The predicted octanol–water partition coefficient (Wildman–Crippen LogP) is 34.8. The molecule has 0 bridgehead atoms. The maximum absolute atomic E-state index is 6.52. The van der Waals surface area contributed by atoms with Crippen LogP contribution < -0.4 is 0 Å². The molecule has 0 fully saturated rings. The monoisotopic (exact) mass is 1910 g/mol. The summed E-state index contributed by atoms with van der Waals surface area (Å²) in [5.74, 6) is 3.16. The fourth-order valence-electron chi connectivity index (χ4n) is 22.2. The van der Waals surface area contributed by atoms with Crippen LogP contribution in [-0.4, -0.2) is 57.7 Å². The zero-order valence-corrected chi connectivity index (χ0v) is 80.2. The zero-order valence-electron chi connectivity index (χ0n) is 78.5. The molecule has 0 aliphatic heterocycles. The molecule has 0 atom stereocenters. The van der Waals surface area contributed by atoms with E-state index in [-0.39, 0.29) is 0 Å². The Morgan fingerprint density at radius 3 is 0.728 bits per heavy atom. The van der Waals surface area contributed by atoms with Crippen LogP contribution >= 0.6 is 22.7 Å². The van der Waals surface area contributed by atoms with Crippen LogP contribution in [0.5, 0.6) is 0 Å². The molecule has 14 nitrogen and oxygen atoms in total. The van der Waals surface area contributed by atoms with Gasteiger partial charge in [-0.2, -0.15) is 9.97 Å². The van der Waals surface area contributed by atoms with Crippen LogP contribution in [0.3, 0.4) is 0 Å². The molecule has 0 N–H and O–H groups in total. The summed E-state index contributed by atoms with van der Waals surface area (Å²) < 4.78 is 29.1. The standard InChI is InChI=1S/C46H28N4S.C45H27N5S.C40H23N3O2/c1-4-14-29(15-5-1)38-26-39(30-16-6-2-7-17-30)48-46(47-38)50-41-23-13-11-21-33(41)35-25-37-36-24-34-32-20-10-12-22-40(32)49(31-18-8-3-9-19-31)42(34)27-44(36)51-45(37)28-43(35)50;1-4-14-28(15-5-1)43-46-44(29-16-6-2-7-17-29)48-45(47-43)50-38-23-13-11-21-32(38)34-25-36-35-24-33-31-20-10-12-22-37(31)49(30-18-8-3-9-19-30)39(33)26-41(35)51-42(36)27-40(34)50;1-3-11-24(12-4-1)32-21-33(25-13-5-2-6-14-25)42-40(41-32)43-34-17-9-7-15-26(34)28-19-30-31-20-29-27-16-8-10-18-36(27)44-38(29)23-39(31)45-37(30)22-35(28)43/h1-28H;1-27H;1-23H. The second kappa shape index (κ2) is 33.7. The Bertz CT molecular complexity index is 10400. The van der Waals surface area contributed by atoms with Gasteiger partial charge in [0.05, 0.1) is 77.9 Å². The Morgan fingerprint density at radius 1 is 0.150 bits per heavy atom. The van der Waals surface area contributed by atoms with Crippen LogP contribution in [-0.2, 0) is 0 Å². The van der Waals surface area contributed by atoms with Crippen molar-refractivity contribution in [2.75, 3.05) is 0 Å². The fraction of sp³-hybridized carbons (Fsp3) is 0. The van der Waals surface area contributed by atoms with Crippen molar-refractivity contribution in [1.29, 1.82) is 0 Å². The molecule has 0 aliphatic carbocycles. The smallest absolute Gasteiger partial charge is 0.238 e. The summed E-state index contributed by atoms with van der Waals surface area (Å²) in [5, 5.41) is 21.4. The van der Waals surface area contributed by atoms with Crippen LogP contribution in [0, 0.1) is 0 Å². The highest BCUT2D eigenvalue weighted by atomic mass is 32.1. The molecule has 0 aliphatic rings. The van der Waals surface area contributed by atoms with Crippen LogP contribution in [0.15, 0.2) is 482 Å². The van der Waals surface area contributed by atoms with Crippen molar-refractivity contribution in [3.05, 3.63) is 473 Å². The molecular formula is C131H78N12O2S2. The highest BCUT2D eigenvalue weighted by Gasteiger charge is 2.28. The number of hydrogen-bond acceptors (Lipinski definition) is 11. The molecule has 0 saturated carbocycles. The topological polar surface area (TPSA) is 141 Å². The van der Waals surface area contributed by atoms with Crippen molar-refractivity contribution < 1.29 is 8.83 Å². The lowest BCUT2D eigenvalue weighted by atomic mass is 10.1. The molecule has 0 saturated heterocycles. The minimum Gasteiger partial charge on any atom is -0.456 e. The number of thiophene rings is 2. The van der Waals surface area contributed by atoms with E-state index in [1.54, 1.807) is 0 Å². The van der Waals surface area contributed by atoms with Gasteiger partial charge in [-0.25, -0.2) is 24.9 Å². The van der Waals surface area contributed by atoms with E-state index in [1.165, 1.54) is 111 Å². The van der Waals surface area contributed by atoms with Crippen molar-refractivity contribution in [3.63, 3.8) is 0 Å². The first-order chi connectivity index (χ1) is 72.8. The zero-order chi connectivity index (χ0) is 96.4. The number of nitrogens with zero attached hydrogens (tertiary/aromatic N) is 12. The first kappa shape index (κ1) is 83.4. The molecule has 686 valence electrons. The van der Waals surface area contributed by atoms with Gasteiger partial charge in [-0.15, -0.1) is 22.7 Å². The van der Waals surface area contributed by atoms with Gasteiger partial charge >= 0.3 is 0 Å². The summed E-state index contributed by atoms with van der Waals surface area (Å²) >= 11 is 3.69. The number of para-hydroxylation sites is 8. The number of furan rings is 2. The van der Waals surface area contributed by atoms with Gasteiger partial charge < -0.3 is 18.0 Å². The van der Waals surface area contributed by atoms with E-state index in [0.29, 0.717) is 29.5 Å². The lowest BCUT2D eigenvalue weighted by molar-refractivity contribution is 0.656. The first-order valence-corrected chi connectivity index (χ1v) is 50.8. The van der Waals surface area contributed by atoms with E-state index in [9.17, 15) is 0 Å². The second-order valence-electron chi connectivity index (χ2n) is 37.4. The van der Waals surface area contributed by atoms with Gasteiger partial charge in [-0.05, 0) is 133 Å². The molecule has 12 aromatic heterocycles. The quantitative estimate of drug-likeness (QED) is 0.124. The minimum absolute atomic E-state index is 0.600. The van der Waals surface area contributed by atoms with Gasteiger partial charge in [-0.1, -0.05) is 328 Å². The summed E-state index contributed by atoms with van der Waals surface area (Å²) in [7, 11) is 0. The summed E-state index contributed by atoms with van der Waals surface area (Å²) in [6.45, 7) is 0. The van der Waals surface area contributed by atoms with Crippen molar-refractivity contribution in [3.8, 4) is 97.0 Å². The molecule has 0 spiro atoms. The van der Waals surface area contributed by atoms with Crippen LogP contribution in [0.1, 0.15) is 0 Å². The summed E-state index contributed by atoms with van der Waals surface area (Å²) in [6.07, 6.45) is 0. The molecule has 0 radical (unpaired) electrons. The summed E-state index contributed by atoms with van der Waals surface area (Å²) in [6, 6.07) is 166. The van der Waals surface area contributed by atoms with E-state index in [1.807, 2.05) is 132 Å². The van der Waals surface area contributed by atoms with Gasteiger partial charge in [0, 0.05) is 173 Å². The third-order valence-corrected chi connectivity index (χ3v) is 31.1. The highest BCUT2D eigenvalue weighted by Crippen LogP contribution is 2.50. The molecule has 12 heterocycles. The van der Waals surface area contributed by atoms with E-state index < -0.39 is 0 Å². The Morgan fingerprint density at radius 2 is 0.388 bits per heavy atom. The van der Waals surface area contributed by atoms with Gasteiger partial charge in [0.1, 0.15) is 22.3 Å². The fourth-order valence-corrected chi connectivity index (χ4v) is 24.5. The van der Waals surface area contributed by atoms with E-state index in [2.05, 4.69) is 387 Å². The number of aromatic nitrogens is 12. The van der Waals surface area contributed by atoms with Gasteiger partial charge in [-0.3, -0.25) is 13.7 Å². The summed E-state index contributed by atoms with van der Waals surface area (Å²) in [5.41, 5.74) is 26.5. The molecular weight excluding hydrogens is 1840 g/mol. The molecule has 32 rings (SSSR count). The van der Waals surface area contributed by atoms with Crippen molar-refractivity contribution in [2.45, 2.75) is 0 Å². The van der Waals surface area contributed by atoms with Crippen molar-refractivity contribution in [1.82, 2.24) is 57.7 Å². The SMILES string of the molecule is c1ccc(-c2cc(-c3ccccc3)nc(-n3c4ccccc4c4cc5c(cc43)oc3cc4oc6ccccc6c4cc35)n2)cc1.c1ccc(-c2cc(-c3ccccc3)nc(-n3c4ccccc4c4cc5c(cc43)sc3cc4c(cc35)c3ccccc3n4-c3ccccc3)n2)cc1.c1ccc(-c2nc(-c3ccccc3)nc(-n3c4ccccc4c4cc5c(cc43)sc3cc4c(cc35)c3ccccc3n4-c3ccccc3)n2)cc1. The average Bonchev–Trinajstić information content (AvgIpc) is 1.55. The Balaban J connectivity index is 0.000000102. The van der Waals surface area contributed by atoms with Crippen molar-refractivity contribution in [2.24, 2.45) is 0 Å². The Kier molecular flexibility index (Phi) is 19.1.